The highest BCUT2D eigenvalue weighted by Gasteiger charge is 2.15. The SMILES string of the molecule is S=c1[nH]nc(NC[C@H]2CCCO2)s1. The molecule has 0 radical (unpaired) electrons. The van der Waals surface area contributed by atoms with E-state index < -0.39 is 0 Å². The van der Waals surface area contributed by atoms with E-state index in [1.54, 1.807) is 0 Å². The first-order valence-corrected chi connectivity index (χ1v) is 5.48. The van der Waals surface area contributed by atoms with Crippen LogP contribution in [0.2, 0.25) is 0 Å². The molecular weight excluding hydrogens is 206 g/mol. The van der Waals surface area contributed by atoms with Gasteiger partial charge >= 0.3 is 0 Å². The fourth-order valence-corrected chi connectivity index (χ4v) is 2.11. The van der Waals surface area contributed by atoms with Crippen LogP contribution in [0.15, 0.2) is 0 Å². The molecule has 13 heavy (non-hydrogen) atoms. The first-order valence-electron chi connectivity index (χ1n) is 4.25. The molecule has 2 rings (SSSR count). The van der Waals surface area contributed by atoms with E-state index in [4.69, 9.17) is 17.0 Å². The molecule has 0 aromatic carbocycles. The lowest BCUT2D eigenvalue weighted by Gasteiger charge is -2.08. The smallest absolute Gasteiger partial charge is 0.204 e. The standard InChI is InChI=1S/C7H11N3OS2/c12-7-10-9-6(13-7)8-4-5-2-1-3-11-5/h5H,1-4H2,(H,8,9)(H,10,12)/t5-/m1/s1. The van der Waals surface area contributed by atoms with Crippen molar-refractivity contribution in [1.29, 1.82) is 0 Å². The Hall–Kier alpha value is -0.460. The highest BCUT2D eigenvalue weighted by molar-refractivity contribution is 7.73. The minimum Gasteiger partial charge on any atom is -0.376 e. The molecule has 1 saturated heterocycles. The van der Waals surface area contributed by atoms with Crippen LogP contribution in [0.1, 0.15) is 12.8 Å². The summed E-state index contributed by atoms with van der Waals surface area (Å²) in [7, 11) is 0. The number of nitrogens with zero attached hydrogens (tertiary/aromatic N) is 1. The highest BCUT2D eigenvalue weighted by atomic mass is 32.1. The summed E-state index contributed by atoms with van der Waals surface area (Å²) >= 11 is 6.36. The van der Waals surface area contributed by atoms with Gasteiger partial charge in [-0.25, -0.2) is 0 Å². The summed E-state index contributed by atoms with van der Waals surface area (Å²) < 4.78 is 6.16. The third-order valence-corrected chi connectivity index (χ3v) is 2.99. The van der Waals surface area contributed by atoms with Gasteiger partial charge in [0.1, 0.15) is 0 Å². The van der Waals surface area contributed by atoms with Crippen LogP contribution in [0.4, 0.5) is 5.13 Å². The Morgan fingerprint density at radius 1 is 1.77 bits per heavy atom. The number of hydrogen-bond acceptors (Lipinski definition) is 5. The van der Waals surface area contributed by atoms with Crippen LogP contribution < -0.4 is 5.32 Å². The molecule has 1 aliphatic heterocycles. The maximum atomic E-state index is 5.46. The fraction of sp³-hybridized carbons (Fsp3) is 0.714. The molecule has 1 atom stereocenters. The van der Waals surface area contributed by atoms with E-state index >= 15 is 0 Å². The molecule has 0 unspecified atom stereocenters. The Morgan fingerprint density at radius 3 is 3.31 bits per heavy atom. The number of aromatic nitrogens is 2. The predicted molar refractivity (Wildman–Crippen MR) is 54.8 cm³/mol. The molecule has 1 aromatic heterocycles. The molecular formula is C7H11N3OS2. The van der Waals surface area contributed by atoms with Crippen molar-refractivity contribution in [2.75, 3.05) is 18.5 Å². The van der Waals surface area contributed by atoms with E-state index in [1.807, 2.05) is 0 Å². The van der Waals surface area contributed by atoms with E-state index in [2.05, 4.69) is 15.5 Å². The summed E-state index contributed by atoms with van der Waals surface area (Å²) in [4.78, 5) is 0. The van der Waals surface area contributed by atoms with Gasteiger partial charge < -0.3 is 10.1 Å². The first-order chi connectivity index (χ1) is 6.34. The summed E-state index contributed by atoms with van der Waals surface area (Å²) in [6.45, 7) is 1.72. The summed E-state index contributed by atoms with van der Waals surface area (Å²) in [5.41, 5.74) is 0. The average Bonchev–Trinajstić information content (AvgIpc) is 2.71. The van der Waals surface area contributed by atoms with Gasteiger partial charge in [0, 0.05) is 13.2 Å². The molecule has 0 saturated carbocycles. The minimum atomic E-state index is 0.345. The van der Waals surface area contributed by atoms with Gasteiger partial charge in [0.25, 0.3) is 0 Å². The number of hydrogen-bond donors (Lipinski definition) is 2. The normalized spacial score (nSPS) is 22.0. The largest absolute Gasteiger partial charge is 0.376 e. The molecule has 2 heterocycles. The predicted octanol–water partition coefficient (Wildman–Crippen LogP) is 1.79. The van der Waals surface area contributed by atoms with E-state index in [9.17, 15) is 0 Å². The number of anilines is 1. The van der Waals surface area contributed by atoms with Crippen LogP contribution in [0.5, 0.6) is 0 Å². The molecule has 72 valence electrons. The molecule has 0 spiro atoms. The first kappa shape index (κ1) is 9.11. The lowest BCUT2D eigenvalue weighted by molar-refractivity contribution is 0.120. The highest BCUT2D eigenvalue weighted by Crippen LogP contribution is 2.15. The van der Waals surface area contributed by atoms with Crippen molar-refractivity contribution >= 4 is 28.7 Å². The zero-order valence-electron chi connectivity index (χ0n) is 7.08. The van der Waals surface area contributed by atoms with Gasteiger partial charge in [-0.15, -0.1) is 5.10 Å². The van der Waals surface area contributed by atoms with E-state index in [0.717, 1.165) is 24.7 Å². The summed E-state index contributed by atoms with van der Waals surface area (Å²) in [5, 5.41) is 10.8. The molecule has 1 fully saturated rings. The minimum absolute atomic E-state index is 0.345. The third-order valence-electron chi connectivity index (χ3n) is 1.94. The number of aromatic amines is 1. The van der Waals surface area contributed by atoms with E-state index in [1.165, 1.54) is 17.8 Å². The summed E-state index contributed by atoms with van der Waals surface area (Å²) in [5.74, 6) is 0. The topological polar surface area (TPSA) is 49.9 Å². The fourth-order valence-electron chi connectivity index (χ4n) is 1.31. The van der Waals surface area contributed by atoms with Crippen molar-refractivity contribution in [2.45, 2.75) is 18.9 Å². The van der Waals surface area contributed by atoms with Crippen molar-refractivity contribution in [3.8, 4) is 0 Å². The second kappa shape index (κ2) is 4.17. The Morgan fingerprint density at radius 2 is 2.69 bits per heavy atom. The van der Waals surface area contributed by atoms with Gasteiger partial charge in [0.15, 0.2) is 3.95 Å². The maximum Gasteiger partial charge on any atom is 0.204 e. The average molecular weight is 217 g/mol. The Bertz CT molecular complexity index is 316. The Labute approximate surface area is 85.3 Å². The number of H-pyrrole nitrogens is 1. The van der Waals surface area contributed by atoms with Crippen LogP contribution in [0.3, 0.4) is 0 Å². The summed E-state index contributed by atoms with van der Waals surface area (Å²) in [6.07, 6.45) is 2.66. The van der Waals surface area contributed by atoms with Crippen LogP contribution in [0.25, 0.3) is 0 Å². The quantitative estimate of drug-likeness (QED) is 0.758. The second-order valence-corrected chi connectivity index (χ2v) is 4.60. The molecule has 6 heteroatoms. The molecule has 0 amide bonds. The number of ether oxygens (including phenoxy) is 1. The van der Waals surface area contributed by atoms with Gasteiger partial charge in [-0.05, 0) is 25.1 Å². The van der Waals surface area contributed by atoms with Gasteiger partial charge in [0.2, 0.25) is 5.13 Å². The lowest BCUT2D eigenvalue weighted by atomic mass is 10.2. The molecule has 1 aromatic rings. The number of nitrogens with one attached hydrogen (secondary N) is 2. The van der Waals surface area contributed by atoms with Gasteiger partial charge in [-0.1, -0.05) is 11.3 Å². The van der Waals surface area contributed by atoms with Crippen molar-refractivity contribution < 1.29 is 4.74 Å². The molecule has 4 nitrogen and oxygen atoms in total. The lowest BCUT2D eigenvalue weighted by Crippen LogP contribution is -2.18. The molecule has 1 aliphatic rings. The zero-order chi connectivity index (χ0) is 9.10. The molecule has 0 bridgehead atoms. The van der Waals surface area contributed by atoms with Crippen molar-refractivity contribution in [3.63, 3.8) is 0 Å². The van der Waals surface area contributed by atoms with Gasteiger partial charge in [-0.2, -0.15) is 0 Å². The second-order valence-electron chi connectivity index (χ2n) is 2.93. The van der Waals surface area contributed by atoms with Crippen molar-refractivity contribution in [2.24, 2.45) is 0 Å². The van der Waals surface area contributed by atoms with E-state index in [-0.39, 0.29) is 0 Å². The van der Waals surface area contributed by atoms with Crippen molar-refractivity contribution in [3.05, 3.63) is 3.95 Å². The van der Waals surface area contributed by atoms with Gasteiger partial charge in [0.05, 0.1) is 6.10 Å². The number of rotatable bonds is 3. The van der Waals surface area contributed by atoms with Crippen LogP contribution >= 0.6 is 23.6 Å². The van der Waals surface area contributed by atoms with Crippen LogP contribution in [-0.2, 0) is 4.74 Å². The Kier molecular flexibility index (Phi) is 2.92. The van der Waals surface area contributed by atoms with Crippen LogP contribution in [-0.4, -0.2) is 29.5 Å². The monoisotopic (exact) mass is 217 g/mol. The maximum absolute atomic E-state index is 5.46. The molecule has 2 N–H and O–H groups in total. The zero-order valence-corrected chi connectivity index (χ0v) is 8.71. The van der Waals surface area contributed by atoms with Gasteiger partial charge in [-0.3, -0.25) is 5.10 Å². The molecule has 0 aliphatic carbocycles. The van der Waals surface area contributed by atoms with Crippen LogP contribution in [0, 0.1) is 3.95 Å². The summed E-state index contributed by atoms with van der Waals surface area (Å²) in [6, 6.07) is 0. The Balaban J connectivity index is 1.82. The van der Waals surface area contributed by atoms with E-state index in [0.29, 0.717) is 10.1 Å². The van der Waals surface area contributed by atoms with Crippen molar-refractivity contribution in [1.82, 2.24) is 10.2 Å². The third kappa shape index (κ3) is 2.49.